The first-order chi connectivity index (χ1) is 15.6. The number of aliphatic hydroxyl groups is 2. The second-order valence-corrected chi connectivity index (χ2v) is 13.2. The summed E-state index contributed by atoms with van der Waals surface area (Å²) < 4.78 is 6.10. The van der Waals surface area contributed by atoms with Crippen LogP contribution < -0.4 is 0 Å². The van der Waals surface area contributed by atoms with Gasteiger partial charge in [-0.25, -0.2) is 0 Å². The number of carbonyl (C=O) groups is 1. The van der Waals surface area contributed by atoms with Gasteiger partial charge in [-0.3, -0.25) is 4.79 Å². The van der Waals surface area contributed by atoms with Crippen molar-refractivity contribution in [3.8, 4) is 0 Å². The van der Waals surface area contributed by atoms with Crippen molar-refractivity contribution in [1.82, 2.24) is 0 Å². The monoisotopic (exact) mass is 462 g/mol. The van der Waals surface area contributed by atoms with E-state index in [9.17, 15) is 15.0 Å². The third-order valence-electron chi connectivity index (χ3n) is 11.4. The maximum atomic E-state index is 12.1. The van der Waals surface area contributed by atoms with Crippen molar-refractivity contribution in [3.05, 3.63) is 0 Å². The number of hydrogen-bond acceptors (Lipinski definition) is 4. The molecule has 0 spiro atoms. The zero-order valence-electron chi connectivity index (χ0n) is 21.9. The van der Waals surface area contributed by atoms with Gasteiger partial charge in [0.2, 0.25) is 0 Å². The van der Waals surface area contributed by atoms with E-state index in [-0.39, 0.29) is 23.6 Å². The van der Waals surface area contributed by atoms with Crippen LogP contribution in [0.4, 0.5) is 0 Å². The van der Waals surface area contributed by atoms with Gasteiger partial charge in [0.25, 0.3) is 0 Å². The molecular weight excluding hydrogens is 412 g/mol. The first-order valence-electron chi connectivity index (χ1n) is 14.1. The normalized spacial score (nSPS) is 46.6. The maximum absolute atomic E-state index is 12.1. The van der Waals surface area contributed by atoms with E-state index in [1.54, 1.807) is 6.92 Å². The molecule has 4 saturated carbocycles. The largest absolute Gasteiger partial charge is 0.462 e. The average Bonchev–Trinajstić information content (AvgIpc) is 3.11. The van der Waals surface area contributed by atoms with Gasteiger partial charge in [-0.2, -0.15) is 0 Å². The van der Waals surface area contributed by atoms with E-state index >= 15 is 0 Å². The molecule has 0 radical (unpaired) electrons. The van der Waals surface area contributed by atoms with Crippen LogP contribution in [0, 0.1) is 52.3 Å². The Labute approximate surface area is 202 Å². The van der Waals surface area contributed by atoms with Gasteiger partial charge >= 0.3 is 5.97 Å². The highest BCUT2D eigenvalue weighted by Gasteiger charge is 2.63. The van der Waals surface area contributed by atoms with Crippen molar-refractivity contribution >= 4 is 5.97 Å². The van der Waals surface area contributed by atoms with Crippen LogP contribution in [-0.4, -0.2) is 35.0 Å². The summed E-state index contributed by atoms with van der Waals surface area (Å²) in [6, 6.07) is 0. The van der Waals surface area contributed by atoms with E-state index in [0.29, 0.717) is 47.5 Å². The van der Waals surface area contributed by atoms with Crippen molar-refractivity contribution in [2.24, 2.45) is 52.3 Å². The molecule has 0 aliphatic heterocycles. The zero-order chi connectivity index (χ0) is 24.0. The summed E-state index contributed by atoms with van der Waals surface area (Å²) in [6.45, 7) is 11.6. The Bertz CT molecular complexity index is 693. The fraction of sp³-hybridized carbons (Fsp3) is 0.966. The Morgan fingerprint density at radius 2 is 1.70 bits per heavy atom. The van der Waals surface area contributed by atoms with Crippen LogP contribution in [0.25, 0.3) is 0 Å². The van der Waals surface area contributed by atoms with Crippen molar-refractivity contribution in [2.45, 2.75) is 117 Å². The van der Waals surface area contributed by atoms with E-state index in [4.69, 9.17) is 4.74 Å². The Kier molecular flexibility index (Phi) is 7.57. The van der Waals surface area contributed by atoms with Crippen molar-refractivity contribution in [2.75, 3.05) is 6.61 Å². The molecule has 11 atom stereocenters. The number of ether oxygens (including phenoxy) is 1. The minimum atomic E-state index is -0.184. The van der Waals surface area contributed by atoms with Gasteiger partial charge in [-0.15, -0.1) is 0 Å². The lowest BCUT2D eigenvalue weighted by Gasteiger charge is -2.62. The number of carbonyl (C=O) groups excluding carboxylic acids is 1. The summed E-state index contributed by atoms with van der Waals surface area (Å²) in [5.41, 5.74) is 0.630. The molecule has 4 nitrogen and oxygen atoms in total. The van der Waals surface area contributed by atoms with Crippen molar-refractivity contribution in [1.29, 1.82) is 0 Å². The molecule has 33 heavy (non-hydrogen) atoms. The fourth-order valence-corrected chi connectivity index (χ4v) is 9.57. The number of fused-ring (bicyclic) bond motifs is 5. The van der Waals surface area contributed by atoms with Gasteiger partial charge < -0.3 is 14.9 Å². The molecule has 0 heterocycles. The molecule has 4 rings (SSSR count). The highest BCUT2D eigenvalue weighted by Crippen LogP contribution is 2.68. The van der Waals surface area contributed by atoms with E-state index in [1.165, 1.54) is 38.5 Å². The highest BCUT2D eigenvalue weighted by molar-refractivity contribution is 5.66. The second-order valence-electron chi connectivity index (χ2n) is 13.2. The van der Waals surface area contributed by atoms with Crippen LogP contribution in [0.15, 0.2) is 0 Å². The summed E-state index contributed by atoms with van der Waals surface area (Å²) in [7, 11) is 0. The van der Waals surface area contributed by atoms with Crippen molar-refractivity contribution < 1.29 is 19.7 Å². The summed E-state index contributed by atoms with van der Waals surface area (Å²) >= 11 is 0. The van der Waals surface area contributed by atoms with E-state index in [0.717, 1.165) is 38.0 Å². The zero-order valence-corrected chi connectivity index (χ0v) is 21.9. The van der Waals surface area contributed by atoms with Gasteiger partial charge in [0.1, 0.15) is 6.10 Å². The first-order valence-corrected chi connectivity index (χ1v) is 14.1. The van der Waals surface area contributed by atoms with Gasteiger partial charge in [0.05, 0.1) is 6.10 Å². The smallest absolute Gasteiger partial charge is 0.302 e. The van der Waals surface area contributed by atoms with Gasteiger partial charge in [-0.1, -0.05) is 40.5 Å². The predicted molar refractivity (Wildman–Crippen MR) is 131 cm³/mol. The van der Waals surface area contributed by atoms with E-state index in [1.807, 2.05) is 0 Å². The van der Waals surface area contributed by atoms with E-state index in [2.05, 4.69) is 27.7 Å². The minimum absolute atomic E-state index is 0.0277. The van der Waals surface area contributed by atoms with Crippen LogP contribution >= 0.6 is 0 Å². The quantitative estimate of drug-likeness (QED) is 0.457. The Morgan fingerprint density at radius 1 is 1.00 bits per heavy atom. The van der Waals surface area contributed by atoms with Gasteiger partial charge in [0.15, 0.2) is 0 Å². The van der Waals surface area contributed by atoms with Crippen molar-refractivity contribution in [3.63, 3.8) is 0 Å². The van der Waals surface area contributed by atoms with Crippen LogP contribution in [0.3, 0.4) is 0 Å². The number of rotatable bonds is 7. The molecule has 4 heteroatoms. The molecule has 4 aliphatic carbocycles. The molecule has 0 amide bonds. The highest BCUT2D eigenvalue weighted by atomic mass is 16.5. The van der Waals surface area contributed by atoms with Gasteiger partial charge in [0, 0.05) is 19.4 Å². The molecule has 0 aromatic rings. The molecule has 0 aromatic carbocycles. The Morgan fingerprint density at radius 3 is 2.39 bits per heavy atom. The molecule has 0 saturated heterocycles. The lowest BCUT2D eigenvalue weighted by molar-refractivity contribution is -0.194. The fourth-order valence-electron chi connectivity index (χ4n) is 9.57. The molecule has 4 fully saturated rings. The van der Waals surface area contributed by atoms with Crippen LogP contribution in [-0.2, 0) is 9.53 Å². The Hall–Kier alpha value is -0.610. The molecular formula is C29H50O4. The molecule has 1 unspecified atom stereocenters. The summed E-state index contributed by atoms with van der Waals surface area (Å²) in [5, 5.41) is 19.8. The van der Waals surface area contributed by atoms with Crippen LogP contribution in [0.1, 0.15) is 105 Å². The molecule has 4 aliphatic rings. The molecule has 0 aromatic heterocycles. The molecule has 190 valence electrons. The number of esters is 1. The number of hydrogen-bond donors (Lipinski definition) is 2. The first kappa shape index (κ1) is 25.5. The lowest BCUT2D eigenvalue weighted by Crippen LogP contribution is -2.59. The van der Waals surface area contributed by atoms with Crippen LogP contribution in [0.5, 0.6) is 0 Å². The Balaban J connectivity index is 1.54. The van der Waals surface area contributed by atoms with Gasteiger partial charge in [-0.05, 0) is 104 Å². The second kappa shape index (κ2) is 9.80. The summed E-state index contributed by atoms with van der Waals surface area (Å²) in [6.07, 6.45) is 12.5. The standard InChI is InChI=1S/C29H50O4/c1-18(17-30)7-6-8-19(2)23-9-10-24-27-25(12-14-29(23,24)5)28(4)13-11-22(32)15-21(28)16-26(27)33-20(3)31/h18-19,21-27,30,32H,6-17H2,1-5H3/t18?,19-,21+,22-,23-,24+,25+,26-,27+,28+,29-/m1/s1. The molecule has 2 N–H and O–H groups in total. The average molecular weight is 463 g/mol. The van der Waals surface area contributed by atoms with E-state index < -0.39 is 0 Å². The third kappa shape index (κ3) is 4.65. The number of aliphatic hydroxyl groups excluding tert-OH is 2. The lowest BCUT2D eigenvalue weighted by atomic mass is 9.43. The third-order valence-corrected chi connectivity index (χ3v) is 11.4. The van der Waals surface area contributed by atoms with Crippen LogP contribution in [0.2, 0.25) is 0 Å². The summed E-state index contributed by atoms with van der Waals surface area (Å²) in [5.74, 6) is 3.97. The predicted octanol–water partition coefficient (Wildman–Crippen LogP) is 5.98. The SMILES string of the molecule is CC(=O)O[C@@H]1C[C@@H]2C[C@H](O)CC[C@]2(C)[C@H]2CC[C@]3(C)[C@@H]([C@H](C)CCCC(C)CO)CC[C@H]3[C@H]12. The molecule has 0 bridgehead atoms. The summed E-state index contributed by atoms with van der Waals surface area (Å²) in [4.78, 5) is 12.1. The minimum Gasteiger partial charge on any atom is -0.462 e. The topological polar surface area (TPSA) is 66.8 Å². The maximum Gasteiger partial charge on any atom is 0.302 e.